The SMILES string of the molecule is COc1ccc(C(C#Cc2ccccc2)CNC(=NCCCN(C)C)NC#N)cc1OC1CCCC1. The van der Waals surface area contributed by atoms with E-state index in [1.54, 1.807) is 7.11 Å². The molecule has 0 aromatic heterocycles. The van der Waals surface area contributed by atoms with Crippen LogP contribution < -0.4 is 20.1 Å². The molecule has 1 fully saturated rings. The number of rotatable bonds is 10. The summed E-state index contributed by atoms with van der Waals surface area (Å²) in [4.78, 5) is 6.65. The lowest BCUT2D eigenvalue weighted by Gasteiger charge is -2.19. The molecule has 7 nitrogen and oxygen atoms in total. The molecule has 1 atom stereocenters. The third kappa shape index (κ3) is 8.83. The molecule has 1 saturated carbocycles. The second-order valence-corrected chi connectivity index (χ2v) is 9.13. The molecule has 1 aliphatic rings. The van der Waals surface area contributed by atoms with Gasteiger partial charge >= 0.3 is 0 Å². The van der Waals surface area contributed by atoms with E-state index >= 15 is 0 Å². The summed E-state index contributed by atoms with van der Waals surface area (Å²) < 4.78 is 11.9. The zero-order chi connectivity index (χ0) is 25.6. The molecule has 2 aromatic carbocycles. The summed E-state index contributed by atoms with van der Waals surface area (Å²) in [6.45, 7) is 2.04. The fraction of sp³-hybridized carbons (Fsp3) is 0.448. The number of hydrogen-bond acceptors (Lipinski definition) is 5. The van der Waals surface area contributed by atoms with E-state index < -0.39 is 0 Å². The van der Waals surface area contributed by atoms with Gasteiger partial charge in [-0.3, -0.25) is 10.3 Å². The number of nitriles is 1. The summed E-state index contributed by atoms with van der Waals surface area (Å²) in [6, 6.07) is 15.9. The molecule has 0 amide bonds. The number of methoxy groups -OCH3 is 1. The van der Waals surface area contributed by atoms with Gasteiger partial charge in [0.05, 0.1) is 19.1 Å². The van der Waals surface area contributed by atoms with Gasteiger partial charge in [0.1, 0.15) is 0 Å². The predicted molar refractivity (Wildman–Crippen MR) is 144 cm³/mol. The number of nitrogens with one attached hydrogen (secondary N) is 2. The Hall–Kier alpha value is -3.68. The molecule has 36 heavy (non-hydrogen) atoms. The zero-order valence-electron chi connectivity index (χ0n) is 21.6. The van der Waals surface area contributed by atoms with Gasteiger partial charge in [0.2, 0.25) is 5.96 Å². The van der Waals surface area contributed by atoms with Gasteiger partial charge in [0, 0.05) is 18.7 Å². The lowest BCUT2D eigenvalue weighted by molar-refractivity contribution is 0.200. The topological polar surface area (TPSA) is 81.9 Å². The van der Waals surface area contributed by atoms with E-state index in [-0.39, 0.29) is 12.0 Å². The number of guanidine groups is 1. The number of hydrogen-bond donors (Lipinski definition) is 2. The second kappa shape index (κ2) is 14.7. The molecule has 0 aliphatic heterocycles. The van der Waals surface area contributed by atoms with Crippen molar-refractivity contribution in [1.82, 2.24) is 15.5 Å². The third-order valence-corrected chi connectivity index (χ3v) is 6.03. The van der Waals surface area contributed by atoms with Gasteiger partial charge in [-0.1, -0.05) is 36.1 Å². The van der Waals surface area contributed by atoms with Crippen LogP contribution in [0.4, 0.5) is 0 Å². The first kappa shape index (κ1) is 26.9. The summed E-state index contributed by atoms with van der Waals surface area (Å²) >= 11 is 0. The highest BCUT2D eigenvalue weighted by molar-refractivity contribution is 5.81. The van der Waals surface area contributed by atoms with Crippen LogP contribution in [0.5, 0.6) is 11.5 Å². The predicted octanol–water partition coefficient (Wildman–Crippen LogP) is 4.12. The largest absolute Gasteiger partial charge is 0.493 e. The highest BCUT2D eigenvalue weighted by atomic mass is 16.5. The van der Waals surface area contributed by atoms with Gasteiger partial charge in [-0.15, -0.1) is 0 Å². The van der Waals surface area contributed by atoms with E-state index in [2.05, 4.69) is 32.4 Å². The van der Waals surface area contributed by atoms with E-state index in [0.717, 1.165) is 48.4 Å². The summed E-state index contributed by atoms with van der Waals surface area (Å²) in [5, 5.41) is 15.2. The van der Waals surface area contributed by atoms with Gasteiger partial charge in [-0.2, -0.15) is 5.26 Å². The normalized spacial score (nSPS) is 14.5. The first-order valence-electron chi connectivity index (χ1n) is 12.6. The van der Waals surface area contributed by atoms with Gasteiger partial charge < -0.3 is 19.7 Å². The lowest BCUT2D eigenvalue weighted by atomic mass is 9.98. The van der Waals surface area contributed by atoms with Crippen LogP contribution in [0.2, 0.25) is 0 Å². The zero-order valence-corrected chi connectivity index (χ0v) is 21.6. The molecule has 7 heteroatoms. The Morgan fingerprint density at radius 1 is 1.14 bits per heavy atom. The van der Waals surface area contributed by atoms with Crippen molar-refractivity contribution in [1.29, 1.82) is 5.26 Å². The molecule has 2 aromatic rings. The van der Waals surface area contributed by atoms with E-state index in [9.17, 15) is 5.26 Å². The van der Waals surface area contributed by atoms with Crippen LogP contribution in [-0.2, 0) is 0 Å². The fourth-order valence-electron chi connectivity index (χ4n) is 4.10. The minimum absolute atomic E-state index is 0.158. The minimum Gasteiger partial charge on any atom is -0.493 e. The highest BCUT2D eigenvalue weighted by Gasteiger charge is 2.20. The number of nitrogens with zero attached hydrogens (tertiary/aromatic N) is 3. The third-order valence-electron chi connectivity index (χ3n) is 6.03. The number of ether oxygens (including phenoxy) is 2. The molecule has 2 N–H and O–H groups in total. The van der Waals surface area contributed by atoms with Crippen molar-refractivity contribution in [3.8, 4) is 29.5 Å². The molecular formula is C29H37N5O2. The smallest absolute Gasteiger partial charge is 0.204 e. The fourth-order valence-corrected chi connectivity index (χ4v) is 4.10. The minimum atomic E-state index is -0.158. The highest BCUT2D eigenvalue weighted by Crippen LogP contribution is 2.34. The van der Waals surface area contributed by atoms with Crippen LogP contribution in [0.25, 0.3) is 0 Å². The van der Waals surface area contributed by atoms with Crippen molar-refractivity contribution < 1.29 is 9.47 Å². The van der Waals surface area contributed by atoms with Gasteiger partial charge in [0.25, 0.3) is 0 Å². The Balaban J connectivity index is 1.82. The Kier molecular flexibility index (Phi) is 11.0. The van der Waals surface area contributed by atoms with E-state index in [1.165, 1.54) is 12.8 Å². The van der Waals surface area contributed by atoms with E-state index in [0.29, 0.717) is 19.0 Å². The molecule has 0 radical (unpaired) electrons. The molecule has 1 unspecified atom stereocenters. The van der Waals surface area contributed by atoms with Crippen molar-refractivity contribution in [2.75, 3.05) is 40.8 Å². The Labute approximate surface area is 215 Å². The average molecular weight is 488 g/mol. The monoisotopic (exact) mass is 487 g/mol. The maximum absolute atomic E-state index is 9.20. The Bertz CT molecular complexity index is 1080. The van der Waals surface area contributed by atoms with Crippen molar-refractivity contribution in [2.45, 2.75) is 44.1 Å². The molecule has 0 heterocycles. The number of benzene rings is 2. The van der Waals surface area contributed by atoms with Crippen LogP contribution in [0.15, 0.2) is 53.5 Å². The number of aliphatic imine (C=N–C) groups is 1. The quantitative estimate of drug-likeness (QED) is 0.131. The van der Waals surface area contributed by atoms with Crippen LogP contribution >= 0.6 is 0 Å². The first-order chi connectivity index (χ1) is 17.6. The first-order valence-corrected chi connectivity index (χ1v) is 12.6. The Morgan fingerprint density at radius 3 is 2.61 bits per heavy atom. The van der Waals surface area contributed by atoms with Crippen LogP contribution in [-0.4, -0.2) is 57.8 Å². The summed E-state index contributed by atoms with van der Waals surface area (Å²) in [7, 11) is 5.73. The maximum atomic E-state index is 9.20. The van der Waals surface area contributed by atoms with Gasteiger partial charge in [0.15, 0.2) is 17.7 Å². The van der Waals surface area contributed by atoms with Crippen LogP contribution in [0.1, 0.15) is 49.1 Å². The van der Waals surface area contributed by atoms with E-state index in [4.69, 9.17) is 9.47 Å². The molecule has 1 aliphatic carbocycles. The molecule has 3 rings (SSSR count). The van der Waals surface area contributed by atoms with Crippen LogP contribution in [0, 0.1) is 23.3 Å². The second-order valence-electron chi connectivity index (χ2n) is 9.13. The average Bonchev–Trinajstić information content (AvgIpc) is 3.40. The van der Waals surface area contributed by atoms with Crippen molar-refractivity contribution in [3.63, 3.8) is 0 Å². The standard InChI is InChI=1S/C29H37N5O2/c1-34(2)19-9-18-31-29(33-22-30)32-21-25(15-14-23-10-5-4-6-11-23)24-16-17-27(35-3)28(20-24)36-26-12-7-8-13-26/h4-6,10-11,16-17,20,25-26H,7-9,12-13,18-19,21H2,1-3H3,(H2,31,32,33). The molecule has 0 bridgehead atoms. The Morgan fingerprint density at radius 2 is 1.92 bits per heavy atom. The summed E-state index contributed by atoms with van der Waals surface area (Å²) in [5.74, 6) is 8.48. The van der Waals surface area contributed by atoms with Crippen molar-refractivity contribution in [2.24, 2.45) is 4.99 Å². The molecular weight excluding hydrogens is 450 g/mol. The molecule has 0 spiro atoms. The summed E-state index contributed by atoms with van der Waals surface area (Å²) in [6.07, 6.45) is 7.64. The van der Waals surface area contributed by atoms with Crippen molar-refractivity contribution in [3.05, 3.63) is 59.7 Å². The van der Waals surface area contributed by atoms with Gasteiger partial charge in [-0.25, -0.2) is 0 Å². The summed E-state index contributed by atoms with van der Waals surface area (Å²) in [5.41, 5.74) is 1.97. The lowest BCUT2D eigenvalue weighted by Crippen LogP contribution is -2.37. The molecule has 0 saturated heterocycles. The van der Waals surface area contributed by atoms with Gasteiger partial charge in [-0.05, 0) is 82.6 Å². The molecule has 190 valence electrons. The van der Waals surface area contributed by atoms with Crippen molar-refractivity contribution >= 4 is 5.96 Å². The van der Waals surface area contributed by atoms with Crippen LogP contribution in [0.3, 0.4) is 0 Å². The maximum Gasteiger partial charge on any atom is 0.204 e. The van der Waals surface area contributed by atoms with E-state index in [1.807, 2.05) is 68.8 Å².